The van der Waals surface area contributed by atoms with Gasteiger partial charge in [0, 0.05) is 12.6 Å². The lowest BCUT2D eigenvalue weighted by molar-refractivity contribution is -0.150. The van der Waals surface area contributed by atoms with Crippen molar-refractivity contribution in [3.63, 3.8) is 0 Å². The van der Waals surface area contributed by atoms with Gasteiger partial charge in [0.15, 0.2) is 11.5 Å². The monoisotopic (exact) mass is 274 g/mol. The van der Waals surface area contributed by atoms with Crippen molar-refractivity contribution in [2.24, 2.45) is 5.41 Å². The Bertz CT molecular complexity index is 614. The van der Waals surface area contributed by atoms with Crippen molar-refractivity contribution in [2.75, 3.05) is 0 Å². The molecule has 1 aliphatic rings. The minimum Gasteiger partial charge on any atom is -0.481 e. The van der Waals surface area contributed by atoms with Gasteiger partial charge in [-0.05, 0) is 25.0 Å². The normalized spacial score (nSPS) is 18.8. The Kier molecular flexibility index (Phi) is 3.38. The van der Waals surface area contributed by atoms with Gasteiger partial charge in [-0.15, -0.1) is 10.2 Å². The molecule has 6 nitrogen and oxygen atoms in total. The standard InChI is InChI=1S/C14H18N4O2/c19-13(20)14(7-3-1-2-4-8-14)10-12-17-16-11-6-5-9-15-18(11)12/h5-6,9H,1-4,7-8,10H2,(H,19,20). The fourth-order valence-electron chi connectivity index (χ4n) is 3.07. The third kappa shape index (κ3) is 2.26. The number of aromatic nitrogens is 4. The van der Waals surface area contributed by atoms with Crippen LogP contribution < -0.4 is 0 Å². The summed E-state index contributed by atoms with van der Waals surface area (Å²) >= 11 is 0. The zero-order valence-electron chi connectivity index (χ0n) is 11.3. The first-order chi connectivity index (χ1) is 9.71. The SMILES string of the molecule is O=C(O)C1(Cc2nnc3cccnn23)CCCCCC1. The molecule has 20 heavy (non-hydrogen) atoms. The number of rotatable bonds is 3. The summed E-state index contributed by atoms with van der Waals surface area (Å²) in [6.45, 7) is 0. The maximum atomic E-state index is 11.8. The van der Waals surface area contributed by atoms with Crippen LogP contribution in [0.4, 0.5) is 0 Å². The molecule has 106 valence electrons. The summed E-state index contributed by atoms with van der Waals surface area (Å²) in [7, 11) is 0. The highest BCUT2D eigenvalue weighted by atomic mass is 16.4. The molecule has 0 radical (unpaired) electrons. The molecule has 0 unspecified atom stereocenters. The maximum Gasteiger partial charge on any atom is 0.310 e. The Morgan fingerprint density at radius 1 is 1.25 bits per heavy atom. The van der Waals surface area contributed by atoms with Crippen molar-refractivity contribution in [1.29, 1.82) is 0 Å². The van der Waals surface area contributed by atoms with Crippen LogP contribution in [0.15, 0.2) is 18.3 Å². The summed E-state index contributed by atoms with van der Waals surface area (Å²) in [5.74, 6) is -0.0722. The van der Waals surface area contributed by atoms with Crippen LogP contribution in [-0.4, -0.2) is 30.9 Å². The lowest BCUT2D eigenvalue weighted by atomic mass is 9.77. The first-order valence-electron chi connectivity index (χ1n) is 7.10. The molecule has 0 amide bonds. The highest BCUT2D eigenvalue weighted by molar-refractivity contribution is 5.75. The summed E-state index contributed by atoms with van der Waals surface area (Å²) < 4.78 is 1.65. The van der Waals surface area contributed by atoms with E-state index in [9.17, 15) is 9.90 Å². The van der Waals surface area contributed by atoms with Gasteiger partial charge >= 0.3 is 5.97 Å². The highest BCUT2D eigenvalue weighted by Gasteiger charge is 2.40. The molecule has 0 aliphatic heterocycles. The highest BCUT2D eigenvalue weighted by Crippen LogP contribution is 2.38. The molecule has 1 N–H and O–H groups in total. The van der Waals surface area contributed by atoms with Crippen molar-refractivity contribution >= 4 is 11.6 Å². The van der Waals surface area contributed by atoms with Gasteiger partial charge in [0.05, 0.1) is 5.41 Å². The molecule has 6 heteroatoms. The number of hydrogen-bond donors (Lipinski definition) is 1. The van der Waals surface area contributed by atoms with E-state index in [0.717, 1.165) is 25.7 Å². The molecule has 0 saturated heterocycles. The zero-order valence-corrected chi connectivity index (χ0v) is 11.3. The van der Waals surface area contributed by atoms with Gasteiger partial charge in [-0.25, -0.2) is 0 Å². The Morgan fingerprint density at radius 3 is 2.70 bits per heavy atom. The molecule has 0 bridgehead atoms. The molecule has 0 spiro atoms. The fourth-order valence-corrected chi connectivity index (χ4v) is 3.07. The van der Waals surface area contributed by atoms with Gasteiger partial charge in [-0.2, -0.15) is 9.61 Å². The number of aliphatic carboxylic acids is 1. The van der Waals surface area contributed by atoms with Gasteiger partial charge in [-0.1, -0.05) is 25.7 Å². The number of carboxylic acid groups (broad SMARTS) is 1. The Labute approximate surface area is 116 Å². The predicted octanol–water partition coefficient (Wildman–Crippen LogP) is 2.09. The van der Waals surface area contributed by atoms with Gasteiger partial charge in [0.2, 0.25) is 0 Å². The van der Waals surface area contributed by atoms with E-state index in [1.54, 1.807) is 16.8 Å². The zero-order chi connectivity index (χ0) is 14.0. The maximum absolute atomic E-state index is 11.8. The molecule has 2 aromatic rings. The summed E-state index contributed by atoms with van der Waals surface area (Å²) in [6.07, 6.45) is 7.67. The van der Waals surface area contributed by atoms with E-state index in [1.165, 1.54) is 0 Å². The van der Waals surface area contributed by atoms with Crippen molar-refractivity contribution in [3.05, 3.63) is 24.2 Å². The predicted molar refractivity (Wildman–Crippen MR) is 72.3 cm³/mol. The van der Waals surface area contributed by atoms with Crippen molar-refractivity contribution in [2.45, 2.75) is 44.9 Å². The summed E-state index contributed by atoms with van der Waals surface area (Å²) in [6, 6.07) is 3.62. The second-order valence-electron chi connectivity index (χ2n) is 5.59. The third-order valence-electron chi connectivity index (χ3n) is 4.25. The average molecular weight is 274 g/mol. The topological polar surface area (TPSA) is 80.4 Å². The lowest BCUT2D eigenvalue weighted by Gasteiger charge is -2.26. The Hall–Kier alpha value is -1.98. The van der Waals surface area contributed by atoms with E-state index >= 15 is 0 Å². The molecule has 3 rings (SSSR count). The van der Waals surface area contributed by atoms with Crippen LogP contribution in [0.25, 0.3) is 5.65 Å². The molecule has 2 aromatic heterocycles. The van der Waals surface area contributed by atoms with Gasteiger partial charge in [0.25, 0.3) is 0 Å². The van der Waals surface area contributed by atoms with E-state index in [1.807, 2.05) is 6.07 Å². The molecule has 0 atom stereocenters. The van der Waals surface area contributed by atoms with E-state index in [0.29, 0.717) is 30.7 Å². The van der Waals surface area contributed by atoms with Crippen LogP contribution >= 0.6 is 0 Å². The van der Waals surface area contributed by atoms with Crippen LogP contribution in [0.2, 0.25) is 0 Å². The minimum atomic E-state index is -0.716. The smallest absolute Gasteiger partial charge is 0.310 e. The Balaban J connectivity index is 1.95. The molecule has 1 aliphatic carbocycles. The number of fused-ring (bicyclic) bond motifs is 1. The van der Waals surface area contributed by atoms with Gasteiger partial charge < -0.3 is 5.11 Å². The van der Waals surface area contributed by atoms with Crippen LogP contribution in [0.1, 0.15) is 44.3 Å². The van der Waals surface area contributed by atoms with E-state index in [2.05, 4.69) is 15.3 Å². The van der Waals surface area contributed by atoms with E-state index < -0.39 is 11.4 Å². The Morgan fingerprint density at radius 2 is 2.00 bits per heavy atom. The van der Waals surface area contributed by atoms with E-state index in [4.69, 9.17) is 0 Å². The van der Waals surface area contributed by atoms with Gasteiger partial charge in [0.1, 0.15) is 0 Å². The molecule has 1 saturated carbocycles. The van der Waals surface area contributed by atoms with E-state index in [-0.39, 0.29) is 0 Å². The first kappa shape index (κ1) is 13.0. The lowest BCUT2D eigenvalue weighted by Crippen LogP contribution is -2.33. The number of hydrogen-bond acceptors (Lipinski definition) is 4. The largest absolute Gasteiger partial charge is 0.481 e. The fraction of sp³-hybridized carbons (Fsp3) is 0.571. The average Bonchev–Trinajstić information content (AvgIpc) is 2.69. The number of nitrogens with zero attached hydrogens (tertiary/aromatic N) is 4. The second kappa shape index (κ2) is 5.19. The molecule has 2 heterocycles. The van der Waals surface area contributed by atoms with Crippen molar-refractivity contribution < 1.29 is 9.90 Å². The summed E-state index contributed by atoms with van der Waals surface area (Å²) in [4.78, 5) is 11.8. The number of carboxylic acids is 1. The molecular formula is C14H18N4O2. The number of carbonyl (C=O) groups is 1. The summed E-state index contributed by atoms with van der Waals surface area (Å²) in [5.41, 5.74) is -0.0477. The van der Waals surface area contributed by atoms with Crippen LogP contribution in [0, 0.1) is 5.41 Å². The first-order valence-corrected chi connectivity index (χ1v) is 7.10. The second-order valence-corrected chi connectivity index (χ2v) is 5.59. The molecule has 1 fully saturated rings. The van der Waals surface area contributed by atoms with Gasteiger partial charge in [-0.3, -0.25) is 4.79 Å². The van der Waals surface area contributed by atoms with Crippen molar-refractivity contribution in [3.8, 4) is 0 Å². The molecular weight excluding hydrogens is 256 g/mol. The minimum absolute atomic E-state index is 0.403. The van der Waals surface area contributed by atoms with Crippen LogP contribution in [0.5, 0.6) is 0 Å². The molecule has 0 aromatic carbocycles. The summed E-state index contributed by atoms with van der Waals surface area (Å²) in [5, 5.41) is 22.1. The quantitative estimate of drug-likeness (QED) is 0.867. The van der Waals surface area contributed by atoms with Crippen LogP contribution in [-0.2, 0) is 11.2 Å². The van der Waals surface area contributed by atoms with Crippen molar-refractivity contribution in [1.82, 2.24) is 19.8 Å². The van der Waals surface area contributed by atoms with Crippen LogP contribution in [0.3, 0.4) is 0 Å². The third-order valence-corrected chi connectivity index (χ3v) is 4.25.